The highest BCUT2D eigenvalue weighted by Gasteiger charge is 2.37. The molecule has 1 aromatic rings. The number of anilines is 1. The van der Waals surface area contributed by atoms with Gasteiger partial charge in [-0.05, 0) is 36.1 Å². The molecule has 1 saturated heterocycles. The quantitative estimate of drug-likeness (QED) is 0.796. The van der Waals surface area contributed by atoms with Gasteiger partial charge < -0.3 is 10.6 Å². The van der Waals surface area contributed by atoms with Crippen molar-refractivity contribution >= 4 is 11.6 Å². The molecule has 2 heterocycles. The van der Waals surface area contributed by atoms with Crippen molar-refractivity contribution in [1.29, 1.82) is 0 Å². The monoisotopic (exact) mass is 244 g/mol. The lowest BCUT2D eigenvalue weighted by atomic mass is 9.77. The molecular formula is C15H20N2O. The summed E-state index contributed by atoms with van der Waals surface area (Å²) < 4.78 is 0. The van der Waals surface area contributed by atoms with Crippen LogP contribution in [-0.4, -0.2) is 19.0 Å². The molecule has 3 nitrogen and oxygen atoms in total. The number of hydrogen-bond donors (Lipinski definition) is 2. The van der Waals surface area contributed by atoms with E-state index in [1.165, 1.54) is 11.1 Å². The average molecular weight is 244 g/mol. The maximum absolute atomic E-state index is 12.1. The van der Waals surface area contributed by atoms with Crippen LogP contribution in [-0.2, 0) is 4.79 Å². The highest BCUT2D eigenvalue weighted by Crippen LogP contribution is 2.39. The predicted molar refractivity (Wildman–Crippen MR) is 72.9 cm³/mol. The van der Waals surface area contributed by atoms with Gasteiger partial charge in [0.25, 0.3) is 0 Å². The molecule has 2 N–H and O–H groups in total. The van der Waals surface area contributed by atoms with E-state index in [4.69, 9.17) is 0 Å². The van der Waals surface area contributed by atoms with Crippen LogP contribution in [0.1, 0.15) is 43.2 Å². The van der Waals surface area contributed by atoms with Gasteiger partial charge in [0.05, 0.1) is 0 Å². The third kappa shape index (κ3) is 1.83. The maximum Gasteiger partial charge on any atom is 0.228 e. The van der Waals surface area contributed by atoms with Crippen molar-refractivity contribution in [3.05, 3.63) is 29.3 Å². The summed E-state index contributed by atoms with van der Waals surface area (Å²) in [5.74, 6) is 1.23. The normalized spacial score (nSPS) is 26.5. The van der Waals surface area contributed by atoms with Crippen molar-refractivity contribution in [2.45, 2.75) is 32.1 Å². The minimum atomic E-state index is 0.154. The fourth-order valence-electron chi connectivity index (χ4n) is 3.09. The zero-order valence-corrected chi connectivity index (χ0v) is 11.0. The van der Waals surface area contributed by atoms with Crippen molar-refractivity contribution in [1.82, 2.24) is 5.32 Å². The van der Waals surface area contributed by atoms with Crippen LogP contribution in [0.15, 0.2) is 18.2 Å². The van der Waals surface area contributed by atoms with E-state index < -0.39 is 0 Å². The minimum absolute atomic E-state index is 0.154. The fourth-order valence-corrected chi connectivity index (χ4v) is 3.09. The first-order valence-electron chi connectivity index (χ1n) is 6.82. The van der Waals surface area contributed by atoms with Crippen molar-refractivity contribution < 1.29 is 4.79 Å². The van der Waals surface area contributed by atoms with Crippen LogP contribution < -0.4 is 10.6 Å². The Morgan fingerprint density at radius 3 is 2.89 bits per heavy atom. The van der Waals surface area contributed by atoms with Crippen LogP contribution in [0.4, 0.5) is 5.69 Å². The molecule has 0 spiro atoms. The summed E-state index contributed by atoms with van der Waals surface area (Å²) in [7, 11) is 0. The van der Waals surface area contributed by atoms with Gasteiger partial charge in [-0.3, -0.25) is 4.79 Å². The molecule has 1 fully saturated rings. The number of piperidine rings is 1. The molecule has 2 atom stereocenters. The van der Waals surface area contributed by atoms with Gasteiger partial charge in [0.15, 0.2) is 0 Å². The highest BCUT2D eigenvalue weighted by atomic mass is 16.2. The molecule has 2 aliphatic heterocycles. The fraction of sp³-hybridized carbons (Fsp3) is 0.533. The Morgan fingerprint density at radius 2 is 2.11 bits per heavy atom. The molecule has 0 aromatic heterocycles. The van der Waals surface area contributed by atoms with E-state index in [2.05, 4.69) is 42.7 Å². The zero-order chi connectivity index (χ0) is 12.7. The van der Waals surface area contributed by atoms with E-state index in [0.717, 1.165) is 25.2 Å². The van der Waals surface area contributed by atoms with Crippen LogP contribution in [0.2, 0.25) is 0 Å². The van der Waals surface area contributed by atoms with E-state index >= 15 is 0 Å². The summed E-state index contributed by atoms with van der Waals surface area (Å²) in [4.78, 5) is 12.1. The molecule has 2 aliphatic rings. The van der Waals surface area contributed by atoms with E-state index in [-0.39, 0.29) is 11.8 Å². The molecule has 3 rings (SSSR count). The number of rotatable bonds is 1. The molecule has 0 radical (unpaired) electrons. The molecular weight excluding hydrogens is 224 g/mol. The lowest BCUT2D eigenvalue weighted by molar-refractivity contribution is -0.121. The first-order valence-corrected chi connectivity index (χ1v) is 6.82. The first-order chi connectivity index (χ1) is 8.66. The number of carbonyl (C=O) groups is 1. The number of benzene rings is 1. The average Bonchev–Trinajstić information content (AvgIpc) is 2.38. The van der Waals surface area contributed by atoms with Crippen LogP contribution in [0.25, 0.3) is 0 Å². The van der Waals surface area contributed by atoms with Crippen LogP contribution in [0, 0.1) is 5.92 Å². The van der Waals surface area contributed by atoms with Gasteiger partial charge in [-0.25, -0.2) is 0 Å². The third-order valence-electron chi connectivity index (χ3n) is 4.22. The topological polar surface area (TPSA) is 41.1 Å². The molecule has 0 saturated carbocycles. The SMILES string of the molecule is CC(C)c1ccc2c(c1)C1CNCCC1C(=O)N2. The standard InChI is InChI=1S/C15H20N2O/c1-9(2)10-3-4-14-12(7-10)13-8-16-6-5-11(13)15(18)17-14/h3-4,7,9,11,13,16H,5-6,8H2,1-2H3,(H,17,18). The van der Waals surface area contributed by atoms with Gasteiger partial charge in [-0.15, -0.1) is 0 Å². The number of fused-ring (bicyclic) bond motifs is 3. The lowest BCUT2D eigenvalue weighted by Crippen LogP contribution is -2.44. The largest absolute Gasteiger partial charge is 0.326 e. The Morgan fingerprint density at radius 1 is 1.28 bits per heavy atom. The van der Waals surface area contributed by atoms with Gasteiger partial charge in [-0.2, -0.15) is 0 Å². The summed E-state index contributed by atoms with van der Waals surface area (Å²) >= 11 is 0. The second-order valence-corrected chi connectivity index (χ2v) is 5.70. The predicted octanol–water partition coefficient (Wildman–Crippen LogP) is 2.46. The molecule has 1 amide bonds. The van der Waals surface area contributed by atoms with Gasteiger partial charge in [0.1, 0.15) is 0 Å². The van der Waals surface area contributed by atoms with Crippen molar-refractivity contribution in [2.75, 3.05) is 18.4 Å². The first kappa shape index (κ1) is 11.7. The van der Waals surface area contributed by atoms with Crippen molar-refractivity contribution in [3.63, 3.8) is 0 Å². The molecule has 96 valence electrons. The Labute approximate surface area is 108 Å². The number of nitrogens with one attached hydrogen (secondary N) is 2. The van der Waals surface area contributed by atoms with Gasteiger partial charge in [0, 0.05) is 24.1 Å². The van der Waals surface area contributed by atoms with Crippen molar-refractivity contribution in [3.8, 4) is 0 Å². The Kier molecular flexibility index (Phi) is 2.86. The Bertz CT molecular complexity index is 481. The van der Waals surface area contributed by atoms with E-state index in [1.807, 2.05) is 0 Å². The second-order valence-electron chi connectivity index (χ2n) is 5.70. The number of carbonyl (C=O) groups excluding carboxylic acids is 1. The van der Waals surface area contributed by atoms with Gasteiger partial charge >= 0.3 is 0 Å². The maximum atomic E-state index is 12.1. The van der Waals surface area contributed by atoms with E-state index in [0.29, 0.717) is 11.8 Å². The summed E-state index contributed by atoms with van der Waals surface area (Å²) in [6.45, 7) is 6.29. The summed E-state index contributed by atoms with van der Waals surface area (Å²) in [6.07, 6.45) is 0.946. The Balaban J connectivity index is 2.04. The molecule has 18 heavy (non-hydrogen) atoms. The Hall–Kier alpha value is -1.35. The molecule has 1 aromatic carbocycles. The van der Waals surface area contributed by atoms with Gasteiger partial charge in [-0.1, -0.05) is 26.0 Å². The second kappa shape index (κ2) is 4.39. The summed E-state index contributed by atoms with van der Waals surface area (Å²) in [6, 6.07) is 6.47. The number of amides is 1. The van der Waals surface area contributed by atoms with Crippen LogP contribution in [0.3, 0.4) is 0 Å². The summed E-state index contributed by atoms with van der Waals surface area (Å²) in [5.41, 5.74) is 3.68. The van der Waals surface area contributed by atoms with Crippen LogP contribution >= 0.6 is 0 Å². The molecule has 3 heteroatoms. The van der Waals surface area contributed by atoms with Crippen molar-refractivity contribution in [2.24, 2.45) is 5.92 Å². The summed E-state index contributed by atoms with van der Waals surface area (Å²) in [5, 5.41) is 6.47. The smallest absolute Gasteiger partial charge is 0.228 e. The lowest BCUT2D eigenvalue weighted by Gasteiger charge is -2.37. The van der Waals surface area contributed by atoms with Gasteiger partial charge in [0.2, 0.25) is 5.91 Å². The number of hydrogen-bond acceptors (Lipinski definition) is 2. The van der Waals surface area contributed by atoms with Crippen LogP contribution in [0.5, 0.6) is 0 Å². The minimum Gasteiger partial charge on any atom is -0.326 e. The molecule has 2 unspecified atom stereocenters. The van der Waals surface area contributed by atoms with E-state index in [9.17, 15) is 4.79 Å². The molecule has 0 bridgehead atoms. The third-order valence-corrected chi connectivity index (χ3v) is 4.22. The molecule has 0 aliphatic carbocycles. The van der Waals surface area contributed by atoms with E-state index in [1.54, 1.807) is 0 Å². The zero-order valence-electron chi connectivity index (χ0n) is 11.0. The highest BCUT2D eigenvalue weighted by molar-refractivity contribution is 5.96.